The lowest BCUT2D eigenvalue weighted by Crippen LogP contribution is -2.43. The summed E-state index contributed by atoms with van der Waals surface area (Å²) >= 11 is 0. The Morgan fingerprint density at radius 1 is 1.45 bits per heavy atom. The van der Waals surface area contributed by atoms with E-state index < -0.39 is 10.0 Å². The molecule has 20 heavy (non-hydrogen) atoms. The number of aromatic nitrogens is 2. The van der Waals surface area contributed by atoms with Gasteiger partial charge in [0.1, 0.15) is 4.90 Å². The van der Waals surface area contributed by atoms with Crippen molar-refractivity contribution in [3.63, 3.8) is 0 Å². The van der Waals surface area contributed by atoms with Gasteiger partial charge in [-0.25, -0.2) is 8.42 Å². The highest BCUT2D eigenvalue weighted by Gasteiger charge is 2.33. The first-order chi connectivity index (χ1) is 9.46. The van der Waals surface area contributed by atoms with Crippen LogP contribution in [0.1, 0.15) is 31.2 Å². The van der Waals surface area contributed by atoms with Crippen molar-refractivity contribution in [2.45, 2.75) is 38.5 Å². The molecule has 0 spiro atoms. The highest BCUT2D eigenvalue weighted by molar-refractivity contribution is 7.89. The fourth-order valence-electron chi connectivity index (χ4n) is 2.81. The molecule has 1 fully saturated rings. The average Bonchev–Trinajstić information content (AvgIpc) is 2.76. The maximum absolute atomic E-state index is 12.8. The molecule has 1 saturated heterocycles. The zero-order chi connectivity index (χ0) is 14.8. The zero-order valence-corrected chi connectivity index (χ0v) is 13.3. The van der Waals surface area contributed by atoms with Gasteiger partial charge in [0.05, 0.1) is 11.4 Å². The first-order valence-corrected chi connectivity index (χ1v) is 8.63. The molecule has 7 heteroatoms. The largest absolute Gasteiger partial charge is 0.317 e. The molecule has 1 aromatic heterocycles. The van der Waals surface area contributed by atoms with E-state index in [2.05, 4.69) is 22.4 Å². The molecule has 2 N–H and O–H groups in total. The normalized spacial score (nSPS) is 21.2. The van der Waals surface area contributed by atoms with Crippen LogP contribution in [0.4, 0.5) is 0 Å². The zero-order valence-electron chi connectivity index (χ0n) is 12.4. The molecule has 1 unspecified atom stereocenters. The summed E-state index contributed by atoms with van der Waals surface area (Å²) in [6.07, 6.45) is 2.01. The smallest absolute Gasteiger partial charge is 0.246 e. The lowest BCUT2D eigenvalue weighted by molar-refractivity contribution is 0.261. The van der Waals surface area contributed by atoms with Crippen molar-refractivity contribution in [2.24, 2.45) is 5.92 Å². The number of sulfonamides is 1. The Morgan fingerprint density at radius 2 is 2.20 bits per heavy atom. The Kier molecular flexibility index (Phi) is 4.82. The van der Waals surface area contributed by atoms with Crippen molar-refractivity contribution in [2.75, 3.05) is 26.2 Å². The molecule has 0 radical (unpaired) electrons. The van der Waals surface area contributed by atoms with E-state index >= 15 is 0 Å². The molecule has 2 heterocycles. The van der Waals surface area contributed by atoms with Crippen molar-refractivity contribution in [1.29, 1.82) is 0 Å². The number of aromatic amines is 1. The lowest BCUT2D eigenvalue weighted by atomic mass is 10.00. The molecule has 2 rings (SSSR count). The van der Waals surface area contributed by atoms with E-state index in [1.54, 1.807) is 18.2 Å². The number of nitrogens with zero attached hydrogens (tertiary/aromatic N) is 2. The van der Waals surface area contributed by atoms with E-state index in [1.807, 2.05) is 0 Å². The number of rotatable bonds is 5. The predicted octanol–water partition coefficient (Wildman–Crippen LogP) is 1.04. The lowest BCUT2D eigenvalue weighted by Gasteiger charge is -2.32. The third-order valence-corrected chi connectivity index (χ3v) is 5.95. The SMILES string of the molecule is CCNCC1CCCN(S(=O)(=O)c2c(C)n[nH]c2C)C1. The van der Waals surface area contributed by atoms with Crippen molar-refractivity contribution in [1.82, 2.24) is 19.8 Å². The second-order valence-electron chi connectivity index (χ2n) is 5.44. The summed E-state index contributed by atoms with van der Waals surface area (Å²) in [5.41, 5.74) is 1.17. The van der Waals surface area contributed by atoms with Crippen molar-refractivity contribution in [3.8, 4) is 0 Å². The van der Waals surface area contributed by atoms with E-state index in [0.717, 1.165) is 25.9 Å². The van der Waals surface area contributed by atoms with Crippen molar-refractivity contribution in [3.05, 3.63) is 11.4 Å². The Labute approximate surface area is 121 Å². The fourth-order valence-corrected chi connectivity index (χ4v) is 4.70. The Balaban J connectivity index is 2.17. The molecule has 114 valence electrons. The standard InChI is InChI=1S/C13H24N4O2S/c1-4-14-8-12-6-5-7-17(9-12)20(18,19)13-10(2)15-16-11(13)3/h12,14H,4-9H2,1-3H3,(H,15,16). The molecule has 0 amide bonds. The monoisotopic (exact) mass is 300 g/mol. The van der Waals surface area contributed by atoms with Gasteiger partial charge in [-0.2, -0.15) is 9.40 Å². The van der Waals surface area contributed by atoms with Crippen LogP contribution < -0.4 is 5.32 Å². The molecule has 0 bridgehead atoms. The van der Waals surface area contributed by atoms with Crippen LogP contribution in [-0.2, 0) is 10.0 Å². The molecular weight excluding hydrogens is 276 g/mol. The molecule has 0 aliphatic carbocycles. The van der Waals surface area contributed by atoms with Gasteiger partial charge in [0.2, 0.25) is 10.0 Å². The number of nitrogens with one attached hydrogen (secondary N) is 2. The van der Waals surface area contributed by atoms with Gasteiger partial charge in [0.15, 0.2) is 0 Å². The summed E-state index contributed by atoms with van der Waals surface area (Å²) in [5, 5.41) is 10.1. The summed E-state index contributed by atoms with van der Waals surface area (Å²) in [5.74, 6) is 0.394. The number of hydrogen-bond donors (Lipinski definition) is 2. The van der Waals surface area contributed by atoms with Crippen LogP contribution in [0.15, 0.2) is 4.90 Å². The van der Waals surface area contributed by atoms with E-state index in [9.17, 15) is 8.42 Å². The minimum Gasteiger partial charge on any atom is -0.317 e. The Morgan fingerprint density at radius 3 is 2.80 bits per heavy atom. The van der Waals surface area contributed by atoms with Gasteiger partial charge >= 0.3 is 0 Å². The molecule has 1 aromatic rings. The molecule has 6 nitrogen and oxygen atoms in total. The van der Waals surface area contributed by atoms with Crippen LogP contribution in [0, 0.1) is 19.8 Å². The first-order valence-electron chi connectivity index (χ1n) is 7.19. The van der Waals surface area contributed by atoms with Crippen molar-refractivity contribution < 1.29 is 8.42 Å². The molecule has 1 aliphatic heterocycles. The number of hydrogen-bond acceptors (Lipinski definition) is 4. The Bertz CT molecular complexity index is 533. The van der Waals surface area contributed by atoms with Gasteiger partial charge in [-0.05, 0) is 45.7 Å². The minimum absolute atomic E-state index is 0.349. The van der Waals surface area contributed by atoms with Crippen LogP contribution in [0.5, 0.6) is 0 Å². The molecule has 1 atom stereocenters. The highest BCUT2D eigenvalue weighted by atomic mass is 32.2. The summed E-state index contributed by atoms with van der Waals surface area (Å²) in [7, 11) is -3.43. The third kappa shape index (κ3) is 3.05. The van der Waals surface area contributed by atoms with Gasteiger partial charge in [-0.15, -0.1) is 0 Å². The van der Waals surface area contributed by atoms with E-state index in [1.165, 1.54) is 0 Å². The molecule has 0 aromatic carbocycles. The Hall–Kier alpha value is -0.920. The van der Waals surface area contributed by atoms with Gasteiger partial charge in [-0.1, -0.05) is 6.92 Å². The topological polar surface area (TPSA) is 78.1 Å². The van der Waals surface area contributed by atoms with Crippen LogP contribution in [0.3, 0.4) is 0 Å². The van der Waals surface area contributed by atoms with Crippen LogP contribution in [0.25, 0.3) is 0 Å². The minimum atomic E-state index is -3.43. The highest BCUT2D eigenvalue weighted by Crippen LogP contribution is 2.26. The fraction of sp³-hybridized carbons (Fsp3) is 0.769. The summed E-state index contributed by atoms with van der Waals surface area (Å²) in [6, 6.07) is 0. The summed E-state index contributed by atoms with van der Waals surface area (Å²) in [4.78, 5) is 0.349. The van der Waals surface area contributed by atoms with Crippen LogP contribution >= 0.6 is 0 Å². The van der Waals surface area contributed by atoms with Gasteiger partial charge in [0.25, 0.3) is 0 Å². The molecule has 0 saturated carbocycles. The number of H-pyrrole nitrogens is 1. The van der Waals surface area contributed by atoms with Crippen LogP contribution in [0.2, 0.25) is 0 Å². The third-order valence-electron chi connectivity index (χ3n) is 3.82. The maximum atomic E-state index is 12.8. The predicted molar refractivity (Wildman–Crippen MR) is 78.1 cm³/mol. The van der Waals surface area contributed by atoms with Gasteiger partial charge < -0.3 is 5.32 Å². The molecular formula is C13H24N4O2S. The summed E-state index contributed by atoms with van der Waals surface area (Å²) in [6.45, 7) is 8.56. The number of piperidine rings is 1. The van der Waals surface area contributed by atoms with E-state index in [4.69, 9.17) is 0 Å². The van der Waals surface area contributed by atoms with Gasteiger partial charge in [0, 0.05) is 13.1 Å². The first kappa shape index (κ1) is 15.5. The quantitative estimate of drug-likeness (QED) is 0.851. The molecule has 1 aliphatic rings. The average molecular weight is 300 g/mol. The second-order valence-corrected chi connectivity index (χ2v) is 7.32. The summed E-state index contributed by atoms with van der Waals surface area (Å²) < 4.78 is 27.1. The van der Waals surface area contributed by atoms with Gasteiger partial charge in [-0.3, -0.25) is 5.10 Å². The number of aryl methyl sites for hydroxylation is 2. The van der Waals surface area contributed by atoms with Crippen molar-refractivity contribution >= 4 is 10.0 Å². The van der Waals surface area contributed by atoms with E-state index in [-0.39, 0.29) is 0 Å². The maximum Gasteiger partial charge on any atom is 0.246 e. The van der Waals surface area contributed by atoms with Crippen LogP contribution in [-0.4, -0.2) is 49.1 Å². The second kappa shape index (κ2) is 6.24. The van der Waals surface area contributed by atoms with E-state index in [0.29, 0.717) is 35.3 Å².